The molecule has 3 nitrogen and oxygen atoms in total. The van der Waals surface area contributed by atoms with Gasteiger partial charge >= 0.3 is 0 Å². The van der Waals surface area contributed by atoms with Crippen molar-refractivity contribution in [1.82, 2.24) is 0 Å². The van der Waals surface area contributed by atoms with E-state index in [2.05, 4.69) is 13.2 Å². The predicted molar refractivity (Wildman–Crippen MR) is 25.8 cm³/mol. The van der Waals surface area contributed by atoms with E-state index in [-0.39, 0.29) is 0 Å². The predicted octanol–water partition coefficient (Wildman–Crippen LogP) is -1.09. The average Bonchev–Trinajstić information content (AvgIpc) is 1.65. The monoisotopic (exact) mass is 114 g/mol. The van der Waals surface area contributed by atoms with Crippen molar-refractivity contribution in [2.45, 2.75) is 0 Å². The molecule has 0 aliphatic rings. The lowest BCUT2D eigenvalue weighted by Crippen LogP contribution is -2.37. The molecule has 0 saturated heterocycles. The fourth-order valence-corrected chi connectivity index (χ4v) is 0. The second-order valence-corrected chi connectivity index (χ2v) is 0.721. The molecule has 0 fully saturated rings. The zero-order chi connectivity index (χ0) is 6.99. The summed E-state index contributed by atoms with van der Waals surface area (Å²) in [4.78, 5) is 8.33. The van der Waals surface area contributed by atoms with E-state index in [0.29, 0.717) is 0 Å². The van der Waals surface area contributed by atoms with Gasteiger partial charge in [-0.1, -0.05) is 25.3 Å². The summed E-state index contributed by atoms with van der Waals surface area (Å²) in [6.07, 6.45) is 0.944. The van der Waals surface area contributed by atoms with Gasteiger partial charge in [-0.2, -0.15) is 0 Å². The van der Waals surface area contributed by atoms with E-state index in [0.717, 1.165) is 0 Å². The first kappa shape index (κ1) is 9.89. The quantitative estimate of drug-likeness (QED) is 0.407. The molecule has 0 aromatic heterocycles. The van der Waals surface area contributed by atoms with Gasteiger partial charge in [-0.15, -0.1) is 0 Å². The van der Waals surface area contributed by atoms with Gasteiger partial charge in [-0.25, -0.2) is 0 Å². The largest absolute Gasteiger partial charge is 0.652 e. The van der Waals surface area contributed by atoms with Crippen LogP contribution in [0.15, 0.2) is 25.3 Å². The van der Waals surface area contributed by atoms with Crippen LogP contribution in [-0.2, 0) is 0 Å². The van der Waals surface area contributed by atoms with E-state index < -0.39 is 6.16 Å². The lowest BCUT2D eigenvalue weighted by Gasteiger charge is -1.96. The number of carbonyl (C=O) groups excluding carboxylic acids is 1. The Hall–Kier alpha value is -1.25. The Morgan fingerprint density at radius 1 is 1.25 bits per heavy atom. The Morgan fingerprint density at radius 2 is 1.38 bits per heavy atom. The van der Waals surface area contributed by atoms with E-state index >= 15 is 0 Å². The summed E-state index contributed by atoms with van der Waals surface area (Å²) in [5, 5.41) is 16.7. The van der Waals surface area contributed by atoms with Crippen molar-refractivity contribution in [3.63, 3.8) is 0 Å². The molecule has 0 atom stereocenters. The average molecular weight is 114 g/mol. The number of rotatable bonds is 1. The molecule has 46 valence electrons. The van der Waals surface area contributed by atoms with Crippen molar-refractivity contribution < 1.29 is 15.0 Å². The van der Waals surface area contributed by atoms with Crippen LogP contribution in [0.4, 0.5) is 4.79 Å². The Labute approximate surface area is 47.6 Å². The fourth-order valence-electron chi connectivity index (χ4n) is 0. The molecule has 0 amide bonds. The lowest BCUT2D eigenvalue weighted by atomic mass is 10.6. The minimum atomic E-state index is -2.33. The molecular weight excluding hydrogens is 108 g/mol. The van der Waals surface area contributed by atoms with Gasteiger partial charge in [-0.3, -0.25) is 0 Å². The van der Waals surface area contributed by atoms with Crippen LogP contribution in [0, 0.1) is 0 Å². The van der Waals surface area contributed by atoms with Gasteiger partial charge in [0.25, 0.3) is 0 Å². The molecule has 0 bridgehead atoms. The van der Waals surface area contributed by atoms with E-state index in [1.54, 1.807) is 12.2 Å². The third kappa shape index (κ3) is 1070. The van der Waals surface area contributed by atoms with Crippen molar-refractivity contribution in [1.29, 1.82) is 0 Å². The molecule has 0 saturated carbocycles. The number of carbonyl (C=O) groups is 1. The first-order valence-electron chi connectivity index (χ1n) is 1.76. The van der Waals surface area contributed by atoms with Gasteiger partial charge in [0.15, 0.2) is 0 Å². The third-order valence-electron chi connectivity index (χ3n) is 0.167. The minimum absolute atomic E-state index is 1.64. The Kier molecular flexibility index (Phi) is 11.4. The van der Waals surface area contributed by atoms with Crippen molar-refractivity contribution in [3.05, 3.63) is 25.3 Å². The van der Waals surface area contributed by atoms with Gasteiger partial charge in [0.2, 0.25) is 0 Å². The zero-order valence-electron chi connectivity index (χ0n) is 4.29. The van der Waals surface area contributed by atoms with E-state index in [1.807, 2.05) is 0 Å². The standard InChI is InChI=1S/C4H6.CH2O3/c1-3-4-2;2-1(3)4/h3-4H,1-2H2;(H2,2,3,4)/p-2. The smallest absolute Gasteiger partial charge is 0.0431 e. The zero-order valence-corrected chi connectivity index (χ0v) is 4.29. The first-order chi connectivity index (χ1) is 3.65. The lowest BCUT2D eigenvalue weighted by molar-refractivity contribution is -0.415. The maximum atomic E-state index is 8.33. The van der Waals surface area contributed by atoms with Gasteiger partial charge < -0.3 is 15.0 Å². The van der Waals surface area contributed by atoms with Crippen molar-refractivity contribution in [2.24, 2.45) is 0 Å². The van der Waals surface area contributed by atoms with Gasteiger partial charge in [0.05, 0.1) is 0 Å². The molecule has 8 heavy (non-hydrogen) atoms. The molecular formula is C5H6O3-2. The van der Waals surface area contributed by atoms with Crippen LogP contribution in [0.2, 0.25) is 0 Å². The SMILES string of the molecule is C=CC=C.O=C([O-])[O-]. The molecule has 0 radical (unpaired) electrons. The minimum Gasteiger partial charge on any atom is -0.652 e. The summed E-state index contributed by atoms with van der Waals surface area (Å²) in [5.41, 5.74) is 0. The van der Waals surface area contributed by atoms with Crippen LogP contribution in [-0.4, -0.2) is 6.16 Å². The molecule has 0 aliphatic heterocycles. The summed E-state index contributed by atoms with van der Waals surface area (Å²) in [5.74, 6) is 0. The number of hydrogen-bond acceptors (Lipinski definition) is 3. The Bertz CT molecular complexity index is 75.7. The van der Waals surface area contributed by atoms with Crippen molar-refractivity contribution in [2.75, 3.05) is 0 Å². The Morgan fingerprint density at radius 3 is 1.38 bits per heavy atom. The van der Waals surface area contributed by atoms with E-state index in [1.165, 1.54) is 0 Å². The number of hydrogen-bond donors (Lipinski definition) is 0. The van der Waals surface area contributed by atoms with Crippen LogP contribution in [0.1, 0.15) is 0 Å². The molecule has 0 aliphatic carbocycles. The molecule has 0 unspecified atom stereocenters. The van der Waals surface area contributed by atoms with Crippen molar-refractivity contribution in [3.8, 4) is 0 Å². The Balaban J connectivity index is 0. The summed E-state index contributed by atoms with van der Waals surface area (Å²) in [7, 11) is 0. The highest BCUT2D eigenvalue weighted by atomic mass is 16.6. The number of carboxylic acid groups (broad SMARTS) is 2. The maximum absolute atomic E-state index is 8.33. The van der Waals surface area contributed by atoms with Crippen LogP contribution >= 0.6 is 0 Å². The highest BCUT2D eigenvalue weighted by Crippen LogP contribution is 1.52. The highest BCUT2D eigenvalue weighted by Gasteiger charge is 1.29. The normalized spacial score (nSPS) is 5.50. The van der Waals surface area contributed by atoms with E-state index in [9.17, 15) is 0 Å². The summed E-state index contributed by atoms with van der Waals surface area (Å²) >= 11 is 0. The number of allylic oxidation sites excluding steroid dienone is 2. The molecule has 0 spiro atoms. The van der Waals surface area contributed by atoms with Crippen LogP contribution in [0.25, 0.3) is 0 Å². The molecule has 0 heterocycles. The molecule has 0 aromatic rings. The maximum Gasteiger partial charge on any atom is -0.0431 e. The first-order valence-corrected chi connectivity index (χ1v) is 1.76. The molecule has 0 rings (SSSR count). The van der Waals surface area contributed by atoms with Crippen LogP contribution in [0.5, 0.6) is 0 Å². The molecule has 0 N–H and O–H groups in total. The summed E-state index contributed by atoms with van der Waals surface area (Å²) < 4.78 is 0. The topological polar surface area (TPSA) is 63.2 Å². The third-order valence-corrected chi connectivity index (χ3v) is 0.167. The second kappa shape index (κ2) is 9.23. The van der Waals surface area contributed by atoms with E-state index in [4.69, 9.17) is 15.0 Å². The summed E-state index contributed by atoms with van der Waals surface area (Å²) in [6.45, 7) is 6.72. The van der Waals surface area contributed by atoms with Crippen molar-refractivity contribution >= 4 is 6.16 Å². The van der Waals surface area contributed by atoms with Gasteiger partial charge in [-0.05, 0) is 6.16 Å². The summed E-state index contributed by atoms with van der Waals surface area (Å²) in [6, 6.07) is 0. The van der Waals surface area contributed by atoms with Gasteiger partial charge in [0.1, 0.15) is 0 Å². The highest BCUT2D eigenvalue weighted by molar-refractivity contribution is 5.47. The molecule has 0 aromatic carbocycles. The van der Waals surface area contributed by atoms with Gasteiger partial charge in [0, 0.05) is 0 Å². The fraction of sp³-hybridized carbons (Fsp3) is 0. The molecule has 3 heteroatoms. The van der Waals surface area contributed by atoms with Crippen LogP contribution < -0.4 is 10.2 Å². The van der Waals surface area contributed by atoms with Crippen LogP contribution in [0.3, 0.4) is 0 Å². The second-order valence-electron chi connectivity index (χ2n) is 0.721.